The van der Waals surface area contributed by atoms with E-state index < -0.39 is 11.0 Å². The second-order valence-corrected chi connectivity index (χ2v) is 4.22. The molecule has 0 saturated carbocycles. The number of aryl methyl sites for hydroxylation is 1. The molecule has 0 radical (unpaired) electrons. The molecular formula is C10H15NOS. The van der Waals surface area contributed by atoms with Crippen molar-refractivity contribution in [1.29, 1.82) is 0 Å². The minimum absolute atomic E-state index is 0.909. The van der Waals surface area contributed by atoms with Crippen LogP contribution in [0.5, 0.6) is 0 Å². The van der Waals surface area contributed by atoms with E-state index in [0.29, 0.717) is 0 Å². The summed E-state index contributed by atoms with van der Waals surface area (Å²) >= 11 is 0. The van der Waals surface area contributed by atoms with Crippen LogP contribution in [-0.4, -0.2) is 11.3 Å². The Morgan fingerprint density at radius 2 is 2.08 bits per heavy atom. The molecule has 13 heavy (non-hydrogen) atoms. The topological polar surface area (TPSA) is 29.1 Å². The maximum absolute atomic E-state index is 11.5. The molecule has 1 unspecified atom stereocenters. The first-order chi connectivity index (χ1) is 6.29. The lowest BCUT2D eigenvalue weighted by atomic mass is 10.1. The molecule has 0 amide bonds. The average molecular weight is 197 g/mol. The summed E-state index contributed by atoms with van der Waals surface area (Å²) in [6.07, 6.45) is 2.07. The van der Waals surface area contributed by atoms with E-state index in [1.54, 1.807) is 7.05 Å². The fourth-order valence-corrected chi connectivity index (χ4v) is 2.10. The van der Waals surface area contributed by atoms with E-state index in [1.165, 1.54) is 5.56 Å². The van der Waals surface area contributed by atoms with Gasteiger partial charge in [0, 0.05) is 0 Å². The Morgan fingerprint density at radius 3 is 2.69 bits per heavy atom. The van der Waals surface area contributed by atoms with Crippen LogP contribution in [0.25, 0.3) is 0 Å². The molecular weight excluding hydrogens is 182 g/mol. The summed E-state index contributed by atoms with van der Waals surface area (Å²) in [5.74, 6) is 0. The standard InChI is InChI=1S/C10H15NOS/c1-3-6-9-7-4-5-8-10(9)13(12)11-2/h4-5,7-8,11H,3,6H2,1-2H3. The van der Waals surface area contributed by atoms with Crippen molar-refractivity contribution in [1.82, 2.24) is 4.72 Å². The van der Waals surface area contributed by atoms with E-state index in [9.17, 15) is 4.21 Å². The summed E-state index contributed by atoms with van der Waals surface area (Å²) < 4.78 is 14.3. The minimum atomic E-state index is -1.05. The van der Waals surface area contributed by atoms with Crippen LogP contribution in [0, 0.1) is 0 Å². The number of hydrogen-bond acceptors (Lipinski definition) is 1. The summed E-state index contributed by atoms with van der Waals surface area (Å²) in [6.45, 7) is 2.12. The zero-order valence-corrected chi connectivity index (χ0v) is 8.86. The van der Waals surface area contributed by atoms with Crippen LogP contribution >= 0.6 is 0 Å². The highest BCUT2D eigenvalue weighted by Gasteiger charge is 2.05. The van der Waals surface area contributed by atoms with Gasteiger partial charge in [-0.2, -0.15) is 0 Å². The van der Waals surface area contributed by atoms with Crippen molar-refractivity contribution in [2.45, 2.75) is 24.7 Å². The van der Waals surface area contributed by atoms with Crippen LogP contribution in [0.1, 0.15) is 18.9 Å². The van der Waals surface area contributed by atoms with Crippen molar-refractivity contribution in [3.63, 3.8) is 0 Å². The van der Waals surface area contributed by atoms with Crippen LogP contribution in [0.4, 0.5) is 0 Å². The van der Waals surface area contributed by atoms with E-state index in [2.05, 4.69) is 11.6 Å². The van der Waals surface area contributed by atoms with Gasteiger partial charge in [0.1, 0.15) is 11.0 Å². The lowest BCUT2D eigenvalue weighted by molar-refractivity contribution is 0.676. The molecule has 0 bridgehead atoms. The number of hydrogen-bond donors (Lipinski definition) is 1. The monoisotopic (exact) mass is 197 g/mol. The third kappa shape index (κ3) is 2.64. The maximum atomic E-state index is 11.5. The summed E-state index contributed by atoms with van der Waals surface area (Å²) in [5, 5.41) is 0. The molecule has 0 saturated heterocycles. The zero-order chi connectivity index (χ0) is 9.68. The van der Waals surface area contributed by atoms with Gasteiger partial charge >= 0.3 is 0 Å². The Labute approximate surface area is 82.0 Å². The van der Waals surface area contributed by atoms with E-state index >= 15 is 0 Å². The third-order valence-electron chi connectivity index (χ3n) is 1.88. The molecule has 0 aliphatic rings. The Hall–Kier alpha value is -0.670. The van der Waals surface area contributed by atoms with Gasteiger partial charge in [0.15, 0.2) is 0 Å². The average Bonchev–Trinajstić information content (AvgIpc) is 2.18. The predicted molar refractivity (Wildman–Crippen MR) is 55.9 cm³/mol. The highest BCUT2D eigenvalue weighted by atomic mass is 32.2. The van der Waals surface area contributed by atoms with Gasteiger partial charge in [-0.3, -0.25) is 0 Å². The Bertz CT molecular complexity index is 299. The molecule has 1 N–H and O–H groups in total. The first-order valence-electron chi connectivity index (χ1n) is 4.46. The normalized spacial score (nSPS) is 12.8. The summed E-state index contributed by atoms with van der Waals surface area (Å²) in [6, 6.07) is 7.86. The lowest BCUT2D eigenvalue weighted by Crippen LogP contribution is -2.12. The fourth-order valence-electron chi connectivity index (χ4n) is 1.27. The smallest absolute Gasteiger partial charge is 0.124 e. The summed E-state index contributed by atoms with van der Waals surface area (Å²) in [4.78, 5) is 0.909. The summed E-state index contributed by atoms with van der Waals surface area (Å²) in [5.41, 5.74) is 1.18. The molecule has 1 aromatic rings. The zero-order valence-electron chi connectivity index (χ0n) is 8.04. The van der Waals surface area contributed by atoms with Crippen LogP contribution in [-0.2, 0) is 17.4 Å². The van der Waals surface area contributed by atoms with Gasteiger partial charge in [0.05, 0.1) is 4.90 Å². The molecule has 1 aromatic carbocycles. The Morgan fingerprint density at radius 1 is 1.38 bits per heavy atom. The molecule has 2 nitrogen and oxygen atoms in total. The number of nitrogens with one attached hydrogen (secondary N) is 1. The highest BCUT2D eigenvalue weighted by Crippen LogP contribution is 2.13. The van der Waals surface area contributed by atoms with Gasteiger partial charge in [0.25, 0.3) is 0 Å². The fraction of sp³-hybridized carbons (Fsp3) is 0.400. The molecule has 0 heterocycles. The van der Waals surface area contributed by atoms with Gasteiger partial charge in [-0.05, 0) is 25.1 Å². The summed E-state index contributed by atoms with van der Waals surface area (Å²) in [7, 11) is 0.654. The molecule has 0 aromatic heterocycles. The maximum Gasteiger partial charge on any atom is 0.124 e. The first kappa shape index (κ1) is 10.4. The largest absolute Gasteiger partial charge is 0.238 e. The number of benzene rings is 1. The van der Waals surface area contributed by atoms with Crippen LogP contribution < -0.4 is 4.72 Å². The van der Waals surface area contributed by atoms with Crippen molar-refractivity contribution < 1.29 is 4.21 Å². The van der Waals surface area contributed by atoms with Crippen LogP contribution in [0.3, 0.4) is 0 Å². The second kappa shape index (κ2) is 5.14. The highest BCUT2D eigenvalue weighted by molar-refractivity contribution is 7.83. The predicted octanol–water partition coefficient (Wildman–Crippen LogP) is 1.88. The third-order valence-corrected chi connectivity index (χ3v) is 3.05. The molecule has 0 fully saturated rings. The van der Waals surface area contributed by atoms with Crippen LogP contribution in [0.2, 0.25) is 0 Å². The van der Waals surface area contributed by atoms with Crippen molar-refractivity contribution >= 4 is 11.0 Å². The van der Waals surface area contributed by atoms with Gasteiger partial charge in [-0.15, -0.1) is 0 Å². The van der Waals surface area contributed by atoms with E-state index in [1.807, 2.05) is 24.3 Å². The Balaban J connectivity index is 2.97. The molecule has 72 valence electrons. The van der Waals surface area contributed by atoms with Gasteiger partial charge in [0.2, 0.25) is 0 Å². The lowest BCUT2D eigenvalue weighted by Gasteiger charge is -2.06. The second-order valence-electron chi connectivity index (χ2n) is 2.83. The van der Waals surface area contributed by atoms with Crippen molar-refractivity contribution in [3.8, 4) is 0 Å². The van der Waals surface area contributed by atoms with Crippen LogP contribution in [0.15, 0.2) is 29.2 Å². The molecule has 1 atom stereocenters. The van der Waals surface area contributed by atoms with Crippen molar-refractivity contribution in [3.05, 3.63) is 29.8 Å². The van der Waals surface area contributed by atoms with E-state index in [-0.39, 0.29) is 0 Å². The van der Waals surface area contributed by atoms with Crippen molar-refractivity contribution in [2.24, 2.45) is 0 Å². The minimum Gasteiger partial charge on any atom is -0.238 e. The quantitative estimate of drug-likeness (QED) is 0.784. The van der Waals surface area contributed by atoms with Gasteiger partial charge < -0.3 is 0 Å². The van der Waals surface area contributed by atoms with Crippen molar-refractivity contribution in [2.75, 3.05) is 7.05 Å². The van der Waals surface area contributed by atoms with Gasteiger partial charge in [-0.1, -0.05) is 31.5 Å². The first-order valence-corrected chi connectivity index (χ1v) is 5.61. The molecule has 3 heteroatoms. The molecule has 1 rings (SSSR count). The van der Waals surface area contributed by atoms with E-state index in [0.717, 1.165) is 17.7 Å². The SMILES string of the molecule is CCCc1ccccc1S(=O)NC. The number of rotatable bonds is 4. The molecule has 0 aliphatic heterocycles. The molecule has 0 aliphatic carbocycles. The van der Waals surface area contributed by atoms with Gasteiger partial charge in [-0.25, -0.2) is 8.93 Å². The van der Waals surface area contributed by atoms with E-state index in [4.69, 9.17) is 0 Å². The molecule has 0 spiro atoms. The Kier molecular flexibility index (Phi) is 4.12.